The molecule has 1 atom stereocenters. The maximum Gasteiger partial charge on any atom is 0.227 e. The molecule has 150 valence electrons. The molecule has 1 N–H and O–H groups in total. The number of carbonyl (C=O) groups is 1. The molecule has 0 spiro atoms. The Morgan fingerprint density at radius 1 is 1.00 bits per heavy atom. The SMILES string of the molecule is COc1ccc2cc([C@H](C)C(=O)NCCc3ccc4c(c3)OCCO4)ccc2c1. The molecule has 1 aliphatic rings. The van der Waals surface area contributed by atoms with Crippen LogP contribution in [0.15, 0.2) is 54.6 Å². The summed E-state index contributed by atoms with van der Waals surface area (Å²) in [4.78, 5) is 12.6. The number of hydrogen-bond donors (Lipinski definition) is 1. The molecule has 0 saturated carbocycles. The summed E-state index contributed by atoms with van der Waals surface area (Å²) in [5.74, 6) is 2.19. The minimum atomic E-state index is -0.221. The molecule has 0 aromatic heterocycles. The van der Waals surface area contributed by atoms with Gasteiger partial charge in [0.1, 0.15) is 19.0 Å². The maximum atomic E-state index is 12.6. The largest absolute Gasteiger partial charge is 0.497 e. The Morgan fingerprint density at radius 2 is 1.76 bits per heavy atom. The molecule has 0 aliphatic carbocycles. The zero-order valence-electron chi connectivity index (χ0n) is 16.7. The Labute approximate surface area is 170 Å². The first-order valence-corrected chi connectivity index (χ1v) is 9.88. The Kier molecular flexibility index (Phi) is 5.56. The van der Waals surface area contributed by atoms with Crippen molar-refractivity contribution < 1.29 is 19.0 Å². The van der Waals surface area contributed by atoms with Gasteiger partial charge in [0.15, 0.2) is 11.5 Å². The highest BCUT2D eigenvalue weighted by Crippen LogP contribution is 2.31. The summed E-state index contributed by atoms with van der Waals surface area (Å²) in [5, 5.41) is 5.24. The number of ether oxygens (including phenoxy) is 3. The van der Waals surface area contributed by atoms with Gasteiger partial charge in [0, 0.05) is 6.54 Å². The number of benzene rings is 3. The molecule has 0 saturated heterocycles. The van der Waals surface area contributed by atoms with E-state index in [4.69, 9.17) is 14.2 Å². The van der Waals surface area contributed by atoms with Gasteiger partial charge in [0.25, 0.3) is 0 Å². The van der Waals surface area contributed by atoms with Crippen molar-refractivity contribution in [2.24, 2.45) is 0 Å². The molecule has 0 radical (unpaired) electrons. The summed E-state index contributed by atoms with van der Waals surface area (Å²) in [6.45, 7) is 3.67. The van der Waals surface area contributed by atoms with Gasteiger partial charge in [-0.3, -0.25) is 4.79 Å². The zero-order chi connectivity index (χ0) is 20.2. The van der Waals surface area contributed by atoms with Crippen molar-refractivity contribution in [1.29, 1.82) is 0 Å². The summed E-state index contributed by atoms with van der Waals surface area (Å²) in [6.07, 6.45) is 0.743. The van der Waals surface area contributed by atoms with E-state index in [9.17, 15) is 4.79 Å². The first kappa shape index (κ1) is 19.1. The molecule has 1 amide bonds. The van der Waals surface area contributed by atoms with Gasteiger partial charge in [-0.25, -0.2) is 0 Å². The van der Waals surface area contributed by atoms with Crippen LogP contribution in [0.1, 0.15) is 24.0 Å². The fourth-order valence-electron chi connectivity index (χ4n) is 3.52. The van der Waals surface area contributed by atoms with Crippen LogP contribution >= 0.6 is 0 Å². The second-order valence-corrected chi connectivity index (χ2v) is 7.21. The summed E-state index contributed by atoms with van der Waals surface area (Å²) in [6, 6.07) is 18.0. The Hall–Kier alpha value is -3.21. The van der Waals surface area contributed by atoms with Crippen molar-refractivity contribution in [2.75, 3.05) is 26.9 Å². The zero-order valence-corrected chi connectivity index (χ0v) is 16.7. The predicted molar refractivity (Wildman–Crippen MR) is 113 cm³/mol. The highest BCUT2D eigenvalue weighted by Gasteiger charge is 2.16. The van der Waals surface area contributed by atoms with E-state index in [1.807, 2.05) is 55.5 Å². The van der Waals surface area contributed by atoms with Gasteiger partial charge in [0.2, 0.25) is 5.91 Å². The molecular weight excluding hydrogens is 366 g/mol. The van der Waals surface area contributed by atoms with Crippen LogP contribution in [0.3, 0.4) is 0 Å². The molecule has 3 aromatic rings. The van der Waals surface area contributed by atoms with E-state index in [1.54, 1.807) is 7.11 Å². The van der Waals surface area contributed by atoms with Crippen LogP contribution in [0, 0.1) is 0 Å². The van der Waals surface area contributed by atoms with Crippen molar-refractivity contribution in [3.05, 3.63) is 65.7 Å². The van der Waals surface area contributed by atoms with Crippen LogP contribution in [0.4, 0.5) is 0 Å². The van der Waals surface area contributed by atoms with Crippen molar-refractivity contribution in [2.45, 2.75) is 19.3 Å². The number of carbonyl (C=O) groups excluding carboxylic acids is 1. The highest BCUT2D eigenvalue weighted by molar-refractivity contribution is 5.88. The van der Waals surface area contributed by atoms with E-state index in [-0.39, 0.29) is 11.8 Å². The number of fused-ring (bicyclic) bond motifs is 2. The van der Waals surface area contributed by atoms with Crippen LogP contribution < -0.4 is 19.5 Å². The van der Waals surface area contributed by atoms with Crippen LogP contribution in [0.2, 0.25) is 0 Å². The lowest BCUT2D eigenvalue weighted by atomic mass is 9.97. The minimum Gasteiger partial charge on any atom is -0.497 e. The van der Waals surface area contributed by atoms with Gasteiger partial charge in [-0.15, -0.1) is 0 Å². The Bertz CT molecular complexity index is 1030. The monoisotopic (exact) mass is 391 g/mol. The summed E-state index contributed by atoms with van der Waals surface area (Å²) >= 11 is 0. The number of amides is 1. The molecule has 0 unspecified atom stereocenters. The molecule has 29 heavy (non-hydrogen) atoms. The van der Waals surface area contributed by atoms with Gasteiger partial charge in [-0.1, -0.05) is 30.3 Å². The van der Waals surface area contributed by atoms with E-state index in [1.165, 1.54) is 0 Å². The van der Waals surface area contributed by atoms with Crippen molar-refractivity contribution in [3.63, 3.8) is 0 Å². The van der Waals surface area contributed by atoms with Gasteiger partial charge in [-0.05, 0) is 59.5 Å². The van der Waals surface area contributed by atoms with Gasteiger partial charge in [-0.2, -0.15) is 0 Å². The number of methoxy groups -OCH3 is 1. The molecule has 1 heterocycles. The fraction of sp³-hybridized carbons (Fsp3) is 0.292. The number of nitrogens with one attached hydrogen (secondary N) is 1. The topological polar surface area (TPSA) is 56.8 Å². The minimum absolute atomic E-state index is 0.0235. The third-order valence-electron chi connectivity index (χ3n) is 5.28. The van der Waals surface area contributed by atoms with Crippen LogP contribution in [0.5, 0.6) is 17.2 Å². The van der Waals surface area contributed by atoms with E-state index in [2.05, 4.69) is 11.4 Å². The normalized spacial score (nSPS) is 13.7. The number of rotatable bonds is 6. The third kappa shape index (κ3) is 4.29. The second kappa shape index (κ2) is 8.43. The molecule has 0 fully saturated rings. The van der Waals surface area contributed by atoms with Gasteiger partial charge in [0.05, 0.1) is 13.0 Å². The fourth-order valence-corrected chi connectivity index (χ4v) is 3.52. The smallest absolute Gasteiger partial charge is 0.227 e. The van der Waals surface area contributed by atoms with Crippen molar-refractivity contribution in [1.82, 2.24) is 5.32 Å². The van der Waals surface area contributed by atoms with Crippen molar-refractivity contribution >= 4 is 16.7 Å². The standard InChI is InChI=1S/C24H25NO4/c1-16(18-4-5-20-15-21(27-2)7-6-19(20)14-18)24(26)25-10-9-17-3-8-22-23(13-17)29-12-11-28-22/h3-8,13-16H,9-12H2,1-2H3,(H,25,26)/t16-/m0/s1. The lowest BCUT2D eigenvalue weighted by molar-refractivity contribution is -0.122. The Morgan fingerprint density at radius 3 is 2.59 bits per heavy atom. The van der Waals surface area contributed by atoms with Gasteiger partial charge < -0.3 is 19.5 Å². The molecule has 3 aromatic carbocycles. The van der Waals surface area contributed by atoms with E-state index in [0.717, 1.165) is 45.6 Å². The first-order chi connectivity index (χ1) is 14.1. The van der Waals surface area contributed by atoms with Crippen LogP contribution in [-0.4, -0.2) is 32.8 Å². The average Bonchev–Trinajstić information content (AvgIpc) is 2.77. The molecule has 1 aliphatic heterocycles. The summed E-state index contributed by atoms with van der Waals surface area (Å²) in [5.41, 5.74) is 2.11. The van der Waals surface area contributed by atoms with E-state index in [0.29, 0.717) is 19.8 Å². The molecule has 4 rings (SSSR count). The third-order valence-corrected chi connectivity index (χ3v) is 5.28. The highest BCUT2D eigenvalue weighted by atomic mass is 16.6. The summed E-state index contributed by atoms with van der Waals surface area (Å²) in [7, 11) is 1.66. The average molecular weight is 391 g/mol. The quantitative estimate of drug-likeness (QED) is 0.688. The molecule has 5 heteroatoms. The van der Waals surface area contributed by atoms with Crippen LogP contribution in [-0.2, 0) is 11.2 Å². The second-order valence-electron chi connectivity index (χ2n) is 7.21. The van der Waals surface area contributed by atoms with E-state index < -0.39 is 0 Å². The van der Waals surface area contributed by atoms with Gasteiger partial charge >= 0.3 is 0 Å². The lowest BCUT2D eigenvalue weighted by Crippen LogP contribution is -2.29. The number of hydrogen-bond acceptors (Lipinski definition) is 4. The van der Waals surface area contributed by atoms with Crippen molar-refractivity contribution in [3.8, 4) is 17.2 Å². The maximum absolute atomic E-state index is 12.6. The summed E-state index contributed by atoms with van der Waals surface area (Å²) < 4.78 is 16.4. The van der Waals surface area contributed by atoms with E-state index >= 15 is 0 Å². The predicted octanol–water partition coefficient (Wildman–Crippen LogP) is 4.08. The van der Waals surface area contributed by atoms with Crippen LogP contribution in [0.25, 0.3) is 10.8 Å². The first-order valence-electron chi connectivity index (χ1n) is 9.88. The lowest BCUT2D eigenvalue weighted by Gasteiger charge is -2.19. The Balaban J connectivity index is 1.36. The molecule has 5 nitrogen and oxygen atoms in total. The molecule has 0 bridgehead atoms. The molecular formula is C24H25NO4.